The van der Waals surface area contributed by atoms with Gasteiger partial charge in [0.2, 0.25) is 11.7 Å². The average Bonchev–Trinajstić information content (AvgIpc) is 3.41. The number of hydrogen-bond acceptors (Lipinski definition) is 9. The van der Waals surface area contributed by atoms with Crippen LogP contribution in [0.4, 0.5) is 5.82 Å². The minimum Gasteiger partial charge on any atom is -0.459 e. The summed E-state index contributed by atoms with van der Waals surface area (Å²) in [6, 6.07) is 9.38. The molecule has 1 aliphatic rings. The molecule has 0 radical (unpaired) electrons. The topological polar surface area (TPSA) is 123 Å². The van der Waals surface area contributed by atoms with E-state index in [1.165, 1.54) is 6.20 Å². The number of nitrogens with zero attached hydrogens (tertiary/aromatic N) is 5. The van der Waals surface area contributed by atoms with Crippen LogP contribution in [0.3, 0.4) is 0 Å². The first kappa shape index (κ1) is 22.5. The van der Waals surface area contributed by atoms with Crippen LogP contribution in [-0.4, -0.2) is 56.1 Å². The Labute approximate surface area is 201 Å². The molecule has 4 aromatic rings. The fourth-order valence-corrected chi connectivity index (χ4v) is 3.98. The zero-order chi connectivity index (χ0) is 24.5. The van der Waals surface area contributed by atoms with E-state index >= 15 is 0 Å². The SMILES string of the molecule is Cc1nc(-c2ccc3ccnc(NCCN4Cc5ncc(C(=O)OC(C)C)cc5C4=O)c3c2)no1. The normalized spacial score (nSPS) is 12.9. The molecule has 1 aliphatic heterocycles. The van der Waals surface area contributed by atoms with Gasteiger partial charge in [0.1, 0.15) is 5.82 Å². The van der Waals surface area contributed by atoms with Crippen molar-refractivity contribution in [3.8, 4) is 11.4 Å². The second kappa shape index (κ2) is 9.13. The molecule has 1 N–H and O–H groups in total. The second-order valence-electron chi connectivity index (χ2n) is 8.56. The zero-order valence-electron chi connectivity index (χ0n) is 19.6. The van der Waals surface area contributed by atoms with Crippen LogP contribution in [0.1, 0.15) is 46.1 Å². The van der Waals surface area contributed by atoms with E-state index in [4.69, 9.17) is 9.26 Å². The van der Waals surface area contributed by atoms with Gasteiger partial charge in [-0.3, -0.25) is 9.78 Å². The summed E-state index contributed by atoms with van der Waals surface area (Å²) in [5.74, 6) is 1.07. The van der Waals surface area contributed by atoms with Crippen molar-refractivity contribution in [2.24, 2.45) is 0 Å². The fourth-order valence-electron chi connectivity index (χ4n) is 3.98. The van der Waals surface area contributed by atoms with E-state index in [2.05, 4.69) is 25.4 Å². The minimum atomic E-state index is -0.486. The molecule has 0 spiro atoms. The van der Waals surface area contributed by atoms with Crippen LogP contribution in [-0.2, 0) is 11.3 Å². The lowest BCUT2D eigenvalue weighted by Gasteiger charge is -2.16. The van der Waals surface area contributed by atoms with Gasteiger partial charge in [0.25, 0.3) is 5.91 Å². The molecule has 35 heavy (non-hydrogen) atoms. The lowest BCUT2D eigenvalue weighted by atomic mass is 10.1. The summed E-state index contributed by atoms with van der Waals surface area (Å²) in [5.41, 5.74) is 2.19. The van der Waals surface area contributed by atoms with Gasteiger partial charge in [-0.15, -0.1) is 0 Å². The van der Waals surface area contributed by atoms with Crippen LogP contribution >= 0.6 is 0 Å². The number of carbonyl (C=O) groups is 2. The minimum absolute atomic E-state index is 0.158. The third-order valence-corrected chi connectivity index (χ3v) is 5.63. The van der Waals surface area contributed by atoms with E-state index in [9.17, 15) is 9.59 Å². The maximum atomic E-state index is 12.9. The number of amides is 1. The maximum Gasteiger partial charge on any atom is 0.339 e. The van der Waals surface area contributed by atoms with Gasteiger partial charge in [0, 0.05) is 43.4 Å². The summed E-state index contributed by atoms with van der Waals surface area (Å²) in [7, 11) is 0. The molecule has 0 atom stereocenters. The predicted octanol–water partition coefficient (Wildman–Crippen LogP) is 3.62. The van der Waals surface area contributed by atoms with Crippen LogP contribution < -0.4 is 5.32 Å². The number of pyridine rings is 2. The standard InChI is InChI=1S/C25H24N6O4/c1-14(2)34-25(33)18-11-20-21(28-12-18)13-31(24(20)32)9-8-27-23-19-10-17(22-29-15(3)35-30-22)5-4-16(19)6-7-26-23/h4-7,10-12,14H,8-9,13H2,1-3H3,(H,26,27). The molecule has 178 valence electrons. The average molecular weight is 473 g/mol. The van der Waals surface area contributed by atoms with E-state index in [0.29, 0.717) is 48.4 Å². The van der Waals surface area contributed by atoms with Crippen molar-refractivity contribution in [2.45, 2.75) is 33.4 Å². The molecule has 1 amide bonds. The molecule has 4 heterocycles. The van der Waals surface area contributed by atoms with Crippen LogP contribution in [0.15, 0.2) is 47.2 Å². The number of carbonyl (C=O) groups excluding carboxylic acids is 2. The first-order valence-corrected chi connectivity index (χ1v) is 11.3. The van der Waals surface area contributed by atoms with Crippen molar-refractivity contribution in [1.29, 1.82) is 0 Å². The summed E-state index contributed by atoms with van der Waals surface area (Å²) >= 11 is 0. The Morgan fingerprint density at radius 3 is 2.86 bits per heavy atom. The van der Waals surface area contributed by atoms with E-state index in [0.717, 1.165) is 16.3 Å². The first-order valence-electron chi connectivity index (χ1n) is 11.3. The second-order valence-corrected chi connectivity index (χ2v) is 8.56. The van der Waals surface area contributed by atoms with Gasteiger partial charge < -0.3 is 19.5 Å². The van der Waals surface area contributed by atoms with E-state index in [1.54, 1.807) is 37.9 Å². The number of rotatable bonds is 7. The summed E-state index contributed by atoms with van der Waals surface area (Å²) in [5, 5.41) is 9.25. The van der Waals surface area contributed by atoms with Gasteiger partial charge in [-0.05, 0) is 37.4 Å². The Morgan fingerprint density at radius 1 is 1.23 bits per heavy atom. The number of fused-ring (bicyclic) bond motifs is 2. The number of hydrogen-bond donors (Lipinski definition) is 1. The van der Waals surface area contributed by atoms with E-state index in [-0.39, 0.29) is 17.6 Å². The zero-order valence-corrected chi connectivity index (χ0v) is 19.6. The molecule has 0 fully saturated rings. The van der Waals surface area contributed by atoms with Crippen molar-refractivity contribution in [3.63, 3.8) is 0 Å². The lowest BCUT2D eigenvalue weighted by molar-refractivity contribution is 0.0377. The molecule has 0 aliphatic carbocycles. The van der Waals surface area contributed by atoms with E-state index in [1.807, 2.05) is 24.3 Å². The quantitative estimate of drug-likeness (QED) is 0.402. The van der Waals surface area contributed by atoms with E-state index < -0.39 is 5.97 Å². The third kappa shape index (κ3) is 4.54. The highest BCUT2D eigenvalue weighted by Crippen LogP contribution is 2.27. The highest BCUT2D eigenvalue weighted by atomic mass is 16.5. The summed E-state index contributed by atoms with van der Waals surface area (Å²) in [6.45, 7) is 6.62. The number of nitrogens with one attached hydrogen (secondary N) is 1. The Hall–Kier alpha value is -4.34. The molecule has 1 aromatic carbocycles. The third-order valence-electron chi connectivity index (χ3n) is 5.63. The Kier molecular flexibility index (Phi) is 5.86. The summed E-state index contributed by atoms with van der Waals surface area (Å²) < 4.78 is 10.3. The molecule has 0 unspecified atom stereocenters. The highest BCUT2D eigenvalue weighted by molar-refractivity contribution is 6.00. The Balaban J connectivity index is 1.28. The van der Waals surface area contributed by atoms with Gasteiger partial charge in [-0.25, -0.2) is 9.78 Å². The first-order chi connectivity index (χ1) is 16.9. The van der Waals surface area contributed by atoms with Crippen molar-refractivity contribution in [1.82, 2.24) is 25.0 Å². The number of benzene rings is 1. The molecule has 3 aromatic heterocycles. The van der Waals surface area contributed by atoms with Crippen LogP contribution in [0.5, 0.6) is 0 Å². The van der Waals surface area contributed by atoms with Crippen LogP contribution in [0.2, 0.25) is 0 Å². The Morgan fingerprint density at radius 2 is 2.09 bits per heavy atom. The number of anilines is 1. The van der Waals surface area contributed by atoms with Gasteiger partial charge in [0.05, 0.1) is 29.5 Å². The number of aryl methyl sites for hydroxylation is 1. The molecule has 5 rings (SSSR count). The van der Waals surface area contributed by atoms with Crippen molar-refractivity contribution >= 4 is 28.5 Å². The summed E-state index contributed by atoms with van der Waals surface area (Å²) in [4.78, 5) is 39.9. The van der Waals surface area contributed by atoms with Gasteiger partial charge in [0.15, 0.2) is 0 Å². The number of aromatic nitrogens is 4. The molecular formula is C25H24N6O4. The monoisotopic (exact) mass is 472 g/mol. The molecule has 0 saturated heterocycles. The Bertz CT molecular complexity index is 1430. The fraction of sp³-hybridized carbons (Fsp3) is 0.280. The predicted molar refractivity (Wildman–Crippen MR) is 128 cm³/mol. The van der Waals surface area contributed by atoms with Gasteiger partial charge in [-0.2, -0.15) is 4.98 Å². The molecule has 10 nitrogen and oxygen atoms in total. The van der Waals surface area contributed by atoms with Gasteiger partial charge in [-0.1, -0.05) is 17.3 Å². The molecular weight excluding hydrogens is 448 g/mol. The smallest absolute Gasteiger partial charge is 0.339 e. The van der Waals surface area contributed by atoms with Gasteiger partial charge >= 0.3 is 5.97 Å². The van der Waals surface area contributed by atoms with Crippen molar-refractivity contribution in [3.05, 3.63) is 65.4 Å². The largest absolute Gasteiger partial charge is 0.459 e. The lowest BCUT2D eigenvalue weighted by Crippen LogP contribution is -2.29. The molecule has 10 heteroatoms. The van der Waals surface area contributed by atoms with Crippen molar-refractivity contribution in [2.75, 3.05) is 18.4 Å². The summed E-state index contributed by atoms with van der Waals surface area (Å²) in [6.07, 6.45) is 2.95. The number of esters is 1. The van der Waals surface area contributed by atoms with Crippen LogP contribution in [0.25, 0.3) is 22.2 Å². The molecule has 0 bridgehead atoms. The maximum absolute atomic E-state index is 12.9. The highest BCUT2D eigenvalue weighted by Gasteiger charge is 2.29. The number of ether oxygens (including phenoxy) is 1. The van der Waals surface area contributed by atoms with Crippen LogP contribution in [0, 0.1) is 6.92 Å². The van der Waals surface area contributed by atoms with Crippen molar-refractivity contribution < 1.29 is 18.8 Å². The molecule has 0 saturated carbocycles.